The Bertz CT molecular complexity index is 456. The second kappa shape index (κ2) is 4.64. The smallest absolute Gasteiger partial charge is 0.151 e. The summed E-state index contributed by atoms with van der Waals surface area (Å²) in [5.41, 5.74) is 6.45. The minimum Gasteiger partial charge on any atom is -0.388 e. The van der Waals surface area contributed by atoms with Crippen molar-refractivity contribution in [3.63, 3.8) is 0 Å². The van der Waals surface area contributed by atoms with Gasteiger partial charge in [-0.3, -0.25) is 4.90 Å². The molecule has 1 saturated heterocycles. The average Bonchev–Trinajstić information content (AvgIpc) is 2.52. The lowest BCUT2D eigenvalue weighted by molar-refractivity contribution is 0.284. The number of hydrogen-bond acceptors (Lipinski definition) is 7. The number of hydrogen-bond donors (Lipinski definition) is 1. The molecule has 1 fully saturated rings. The number of nitrogen functional groups attached to an aromatic ring is 1. The van der Waals surface area contributed by atoms with Crippen LogP contribution in [0.5, 0.6) is 0 Å². The molecule has 16 heavy (non-hydrogen) atoms. The molecular formula is C8H14N4O2S2. The first-order valence-corrected chi connectivity index (χ1v) is 7.66. The van der Waals surface area contributed by atoms with Crippen molar-refractivity contribution in [2.75, 3.05) is 30.3 Å². The number of anilines is 1. The predicted octanol–water partition coefficient (Wildman–Crippen LogP) is -0.259. The maximum atomic E-state index is 11.4. The van der Waals surface area contributed by atoms with E-state index in [0.29, 0.717) is 24.5 Å². The average molecular weight is 262 g/mol. The summed E-state index contributed by atoms with van der Waals surface area (Å²) in [4.78, 5) is 2.07. The molecule has 0 aliphatic carbocycles. The molecular weight excluding hydrogens is 248 g/mol. The Kier molecular flexibility index (Phi) is 3.41. The molecule has 2 heterocycles. The number of rotatable bonds is 2. The van der Waals surface area contributed by atoms with E-state index in [1.165, 1.54) is 11.5 Å². The SMILES string of the molecule is Nc1snnc1CN1CCCS(=O)(=O)CC1. The van der Waals surface area contributed by atoms with Gasteiger partial charge in [0.1, 0.15) is 10.7 Å². The van der Waals surface area contributed by atoms with Gasteiger partial charge in [-0.05, 0) is 13.0 Å². The van der Waals surface area contributed by atoms with Crippen molar-refractivity contribution in [1.82, 2.24) is 14.5 Å². The maximum Gasteiger partial charge on any atom is 0.151 e. The molecule has 0 aromatic carbocycles. The molecule has 1 aliphatic rings. The van der Waals surface area contributed by atoms with Crippen molar-refractivity contribution in [3.8, 4) is 0 Å². The Balaban J connectivity index is 1.99. The lowest BCUT2D eigenvalue weighted by Crippen LogP contribution is -2.27. The van der Waals surface area contributed by atoms with Crippen LogP contribution in [0.3, 0.4) is 0 Å². The second-order valence-corrected chi connectivity index (χ2v) is 6.95. The summed E-state index contributed by atoms with van der Waals surface area (Å²) in [5, 5.41) is 4.55. The molecule has 0 amide bonds. The van der Waals surface area contributed by atoms with Crippen LogP contribution in [0, 0.1) is 0 Å². The van der Waals surface area contributed by atoms with Gasteiger partial charge in [0.2, 0.25) is 0 Å². The second-order valence-electron chi connectivity index (χ2n) is 3.87. The maximum absolute atomic E-state index is 11.4. The molecule has 2 rings (SSSR count). The summed E-state index contributed by atoms with van der Waals surface area (Å²) in [5.74, 6) is 0.513. The van der Waals surface area contributed by atoms with Gasteiger partial charge in [0, 0.05) is 24.6 Å². The van der Waals surface area contributed by atoms with E-state index in [1.54, 1.807) is 0 Å². The monoisotopic (exact) mass is 262 g/mol. The summed E-state index contributed by atoms with van der Waals surface area (Å²) in [6.07, 6.45) is 0.680. The molecule has 0 saturated carbocycles. The van der Waals surface area contributed by atoms with Crippen molar-refractivity contribution in [1.29, 1.82) is 0 Å². The zero-order valence-electron chi connectivity index (χ0n) is 8.79. The molecule has 1 aromatic rings. The molecule has 0 radical (unpaired) electrons. The van der Waals surface area contributed by atoms with E-state index >= 15 is 0 Å². The highest BCUT2D eigenvalue weighted by molar-refractivity contribution is 7.91. The van der Waals surface area contributed by atoms with Crippen LogP contribution in [0.1, 0.15) is 12.1 Å². The third-order valence-electron chi connectivity index (χ3n) is 2.61. The first-order valence-electron chi connectivity index (χ1n) is 5.06. The van der Waals surface area contributed by atoms with Gasteiger partial charge in [-0.15, -0.1) is 5.10 Å². The molecule has 2 N–H and O–H groups in total. The van der Waals surface area contributed by atoms with E-state index in [1.807, 2.05) is 0 Å². The lowest BCUT2D eigenvalue weighted by Gasteiger charge is -2.17. The van der Waals surface area contributed by atoms with E-state index in [9.17, 15) is 8.42 Å². The predicted molar refractivity (Wildman–Crippen MR) is 62.9 cm³/mol. The van der Waals surface area contributed by atoms with E-state index < -0.39 is 9.84 Å². The van der Waals surface area contributed by atoms with Crippen LogP contribution in [0.4, 0.5) is 5.00 Å². The van der Waals surface area contributed by atoms with E-state index in [2.05, 4.69) is 14.5 Å². The quantitative estimate of drug-likeness (QED) is 0.790. The van der Waals surface area contributed by atoms with Crippen LogP contribution in [0.25, 0.3) is 0 Å². The zero-order chi connectivity index (χ0) is 11.6. The molecule has 8 heteroatoms. The van der Waals surface area contributed by atoms with Crippen LogP contribution >= 0.6 is 11.5 Å². The fraction of sp³-hybridized carbons (Fsp3) is 0.750. The van der Waals surface area contributed by atoms with Crippen LogP contribution < -0.4 is 5.73 Å². The third-order valence-corrected chi connectivity index (χ3v) is 4.92. The van der Waals surface area contributed by atoms with Gasteiger partial charge in [-0.1, -0.05) is 4.49 Å². The van der Waals surface area contributed by atoms with Gasteiger partial charge in [-0.25, -0.2) is 8.42 Å². The van der Waals surface area contributed by atoms with Gasteiger partial charge in [0.25, 0.3) is 0 Å². The highest BCUT2D eigenvalue weighted by Gasteiger charge is 2.20. The summed E-state index contributed by atoms with van der Waals surface area (Å²) in [7, 11) is -2.85. The van der Waals surface area contributed by atoms with Crippen molar-refractivity contribution in [2.45, 2.75) is 13.0 Å². The van der Waals surface area contributed by atoms with Crippen LogP contribution in [-0.4, -0.2) is 47.5 Å². The highest BCUT2D eigenvalue weighted by Crippen LogP contribution is 2.16. The van der Waals surface area contributed by atoms with Gasteiger partial charge < -0.3 is 5.73 Å². The molecule has 1 aromatic heterocycles. The van der Waals surface area contributed by atoms with Crippen molar-refractivity contribution < 1.29 is 8.42 Å². The number of nitrogens with two attached hydrogens (primary N) is 1. The standard InChI is InChI=1S/C8H14N4O2S2/c9-8-7(10-11-15-8)6-12-2-1-4-16(13,14)5-3-12/h1-6,9H2. The van der Waals surface area contributed by atoms with Gasteiger partial charge in [0.15, 0.2) is 9.84 Å². The molecule has 0 spiro atoms. The highest BCUT2D eigenvalue weighted by atomic mass is 32.2. The normalized spacial score (nSPS) is 21.8. The van der Waals surface area contributed by atoms with Crippen LogP contribution in [0.15, 0.2) is 0 Å². The molecule has 90 valence electrons. The lowest BCUT2D eigenvalue weighted by atomic mass is 10.3. The number of nitrogens with zero attached hydrogens (tertiary/aromatic N) is 3. The first kappa shape index (κ1) is 11.7. The number of aromatic nitrogens is 2. The number of sulfone groups is 1. The summed E-state index contributed by atoms with van der Waals surface area (Å²) in [6.45, 7) is 1.92. The first-order chi connectivity index (χ1) is 7.57. The Labute approximate surface area is 98.5 Å². The van der Waals surface area contributed by atoms with Gasteiger partial charge >= 0.3 is 0 Å². The Morgan fingerprint density at radius 3 is 2.88 bits per heavy atom. The van der Waals surface area contributed by atoms with E-state index in [0.717, 1.165) is 12.2 Å². The van der Waals surface area contributed by atoms with E-state index in [4.69, 9.17) is 5.73 Å². The topological polar surface area (TPSA) is 89.2 Å². The third kappa shape index (κ3) is 2.89. The van der Waals surface area contributed by atoms with Gasteiger partial charge in [-0.2, -0.15) is 0 Å². The summed E-state index contributed by atoms with van der Waals surface area (Å²) < 4.78 is 26.6. The minimum atomic E-state index is -2.85. The minimum absolute atomic E-state index is 0.227. The Morgan fingerprint density at radius 1 is 1.38 bits per heavy atom. The van der Waals surface area contributed by atoms with Crippen LogP contribution in [0.2, 0.25) is 0 Å². The summed E-state index contributed by atoms with van der Waals surface area (Å²) >= 11 is 1.17. The largest absolute Gasteiger partial charge is 0.388 e. The van der Waals surface area contributed by atoms with Crippen LogP contribution in [-0.2, 0) is 16.4 Å². The zero-order valence-corrected chi connectivity index (χ0v) is 10.4. The fourth-order valence-corrected chi connectivity index (χ4v) is 3.43. The molecule has 1 aliphatic heterocycles. The molecule has 6 nitrogen and oxygen atoms in total. The molecule has 0 bridgehead atoms. The van der Waals surface area contributed by atoms with Gasteiger partial charge in [0.05, 0.1) is 11.5 Å². The van der Waals surface area contributed by atoms with Crippen molar-refractivity contribution in [3.05, 3.63) is 5.69 Å². The molecule has 0 unspecified atom stereocenters. The fourth-order valence-electron chi connectivity index (χ4n) is 1.69. The van der Waals surface area contributed by atoms with Crippen molar-refractivity contribution in [2.24, 2.45) is 0 Å². The summed E-state index contributed by atoms with van der Waals surface area (Å²) in [6, 6.07) is 0. The van der Waals surface area contributed by atoms with Crippen molar-refractivity contribution >= 4 is 26.4 Å². The molecule has 0 atom stereocenters. The Morgan fingerprint density at radius 2 is 2.19 bits per heavy atom. The van der Waals surface area contributed by atoms with E-state index in [-0.39, 0.29) is 11.5 Å². The Hall–Kier alpha value is -0.730.